The summed E-state index contributed by atoms with van der Waals surface area (Å²) in [5.41, 5.74) is 0.0441. The van der Waals surface area contributed by atoms with Gasteiger partial charge in [0.2, 0.25) is 0 Å². The zero-order valence-corrected chi connectivity index (χ0v) is 15.5. The van der Waals surface area contributed by atoms with Crippen LogP contribution in [0.1, 0.15) is 10.5 Å². The highest BCUT2D eigenvalue weighted by Gasteiger charge is 2.18. The van der Waals surface area contributed by atoms with Crippen molar-refractivity contribution in [2.45, 2.75) is 0 Å². The molecule has 0 bridgehead atoms. The van der Waals surface area contributed by atoms with Gasteiger partial charge in [-0.15, -0.1) is 0 Å². The van der Waals surface area contributed by atoms with Crippen LogP contribution < -0.4 is 15.6 Å². The number of ether oxygens (including phenoxy) is 1. The first kappa shape index (κ1) is 18.2. The Balaban J connectivity index is 1.72. The van der Waals surface area contributed by atoms with E-state index in [0.29, 0.717) is 17.1 Å². The van der Waals surface area contributed by atoms with Crippen molar-refractivity contribution in [3.63, 3.8) is 0 Å². The summed E-state index contributed by atoms with van der Waals surface area (Å²) >= 11 is 0. The Morgan fingerprint density at radius 3 is 2.52 bits per heavy atom. The average Bonchev–Trinajstić information content (AvgIpc) is 2.73. The van der Waals surface area contributed by atoms with E-state index in [9.17, 15) is 14.7 Å². The van der Waals surface area contributed by atoms with Crippen LogP contribution in [-0.2, 0) is 0 Å². The minimum absolute atomic E-state index is 0.274. The molecule has 7 nitrogen and oxygen atoms in total. The lowest BCUT2D eigenvalue weighted by molar-refractivity contribution is 0.101. The van der Waals surface area contributed by atoms with Gasteiger partial charge in [0.1, 0.15) is 11.4 Å². The van der Waals surface area contributed by atoms with Crippen LogP contribution in [0.4, 0.5) is 5.69 Å². The number of aromatic nitrogens is 2. The number of hydrogen-bond donors (Lipinski definition) is 2. The normalized spacial score (nSPS) is 10.7. The van der Waals surface area contributed by atoms with Gasteiger partial charge in [-0.2, -0.15) is 9.78 Å². The minimum Gasteiger partial charge on any atom is -0.505 e. The number of para-hydroxylation sites is 2. The number of nitrogens with zero attached hydrogens (tertiary/aromatic N) is 2. The molecular weight excluding hydrogens is 370 g/mol. The maximum Gasteiger partial charge on any atom is 0.279 e. The Labute approximate surface area is 165 Å². The lowest BCUT2D eigenvalue weighted by atomic mass is 10.1. The fourth-order valence-corrected chi connectivity index (χ4v) is 3.04. The van der Waals surface area contributed by atoms with Crippen molar-refractivity contribution in [1.82, 2.24) is 9.78 Å². The predicted molar refractivity (Wildman–Crippen MR) is 110 cm³/mol. The molecule has 0 radical (unpaired) electrons. The van der Waals surface area contributed by atoms with Crippen molar-refractivity contribution in [1.29, 1.82) is 0 Å². The number of fused-ring (bicyclic) bond motifs is 1. The molecule has 0 saturated carbocycles. The smallest absolute Gasteiger partial charge is 0.279 e. The van der Waals surface area contributed by atoms with Crippen molar-refractivity contribution in [3.05, 3.63) is 88.8 Å². The maximum atomic E-state index is 12.7. The summed E-state index contributed by atoms with van der Waals surface area (Å²) in [6.07, 6.45) is 0. The summed E-state index contributed by atoms with van der Waals surface area (Å²) in [6, 6.07) is 20.9. The van der Waals surface area contributed by atoms with Gasteiger partial charge in [0, 0.05) is 11.8 Å². The average molecular weight is 387 g/mol. The zero-order valence-electron chi connectivity index (χ0n) is 15.5. The molecule has 0 saturated heterocycles. The number of amides is 1. The molecule has 7 heteroatoms. The first-order valence-electron chi connectivity index (χ1n) is 8.84. The van der Waals surface area contributed by atoms with Crippen LogP contribution in [0.2, 0.25) is 0 Å². The number of rotatable bonds is 4. The van der Waals surface area contributed by atoms with Gasteiger partial charge in [0.15, 0.2) is 11.4 Å². The molecule has 2 N–H and O–H groups in total. The highest BCUT2D eigenvalue weighted by molar-refractivity contribution is 6.05. The second kappa shape index (κ2) is 7.47. The van der Waals surface area contributed by atoms with E-state index in [1.165, 1.54) is 7.11 Å². The Hall–Kier alpha value is -4.13. The molecule has 0 aliphatic carbocycles. The number of anilines is 1. The summed E-state index contributed by atoms with van der Waals surface area (Å²) in [5.74, 6) is -0.727. The molecule has 1 heterocycles. The Bertz CT molecular complexity index is 1280. The number of aromatic hydroxyl groups is 1. The van der Waals surface area contributed by atoms with Crippen molar-refractivity contribution in [2.75, 3.05) is 12.4 Å². The van der Waals surface area contributed by atoms with Gasteiger partial charge in [-0.05, 0) is 35.0 Å². The fourth-order valence-electron chi connectivity index (χ4n) is 3.04. The van der Waals surface area contributed by atoms with Crippen molar-refractivity contribution >= 4 is 22.4 Å². The minimum atomic E-state index is -0.638. The zero-order chi connectivity index (χ0) is 20.4. The van der Waals surface area contributed by atoms with E-state index in [4.69, 9.17) is 4.74 Å². The Morgan fingerprint density at radius 1 is 1.00 bits per heavy atom. The van der Waals surface area contributed by atoms with Crippen LogP contribution in [0, 0.1) is 0 Å². The number of benzene rings is 3. The molecule has 1 amide bonds. The second-order valence-electron chi connectivity index (χ2n) is 6.32. The number of methoxy groups -OCH3 is 1. The van der Waals surface area contributed by atoms with E-state index < -0.39 is 17.2 Å². The van der Waals surface area contributed by atoms with E-state index in [2.05, 4.69) is 10.4 Å². The summed E-state index contributed by atoms with van der Waals surface area (Å²) in [7, 11) is 1.47. The van der Waals surface area contributed by atoms with E-state index >= 15 is 0 Å². The monoisotopic (exact) mass is 387 g/mol. The summed E-state index contributed by atoms with van der Waals surface area (Å²) in [6.45, 7) is 0. The lowest BCUT2D eigenvalue weighted by Gasteiger charge is -2.12. The number of carbonyl (C=O) groups excluding carboxylic acids is 1. The van der Waals surface area contributed by atoms with E-state index in [-0.39, 0.29) is 5.69 Å². The van der Waals surface area contributed by atoms with Gasteiger partial charge in [-0.3, -0.25) is 9.59 Å². The van der Waals surface area contributed by atoms with Crippen LogP contribution >= 0.6 is 0 Å². The Kier molecular flexibility index (Phi) is 4.70. The van der Waals surface area contributed by atoms with Crippen LogP contribution in [0.25, 0.3) is 16.5 Å². The van der Waals surface area contributed by atoms with Crippen LogP contribution in [-0.4, -0.2) is 27.9 Å². The van der Waals surface area contributed by atoms with Crippen LogP contribution in [0.3, 0.4) is 0 Å². The molecule has 1 aromatic heterocycles. The third-order valence-corrected chi connectivity index (χ3v) is 4.45. The number of hydrogen-bond acceptors (Lipinski definition) is 5. The van der Waals surface area contributed by atoms with Crippen LogP contribution in [0.15, 0.2) is 77.6 Å². The van der Waals surface area contributed by atoms with E-state index in [0.717, 1.165) is 21.5 Å². The van der Waals surface area contributed by atoms with Crippen molar-refractivity contribution in [3.8, 4) is 17.2 Å². The van der Waals surface area contributed by atoms with Gasteiger partial charge in [-0.1, -0.05) is 42.5 Å². The van der Waals surface area contributed by atoms with E-state index in [1.54, 1.807) is 30.3 Å². The van der Waals surface area contributed by atoms with Gasteiger partial charge in [0.05, 0.1) is 7.11 Å². The first-order chi connectivity index (χ1) is 14.1. The third kappa shape index (κ3) is 3.53. The van der Waals surface area contributed by atoms with E-state index in [1.807, 2.05) is 36.4 Å². The summed E-state index contributed by atoms with van der Waals surface area (Å²) in [4.78, 5) is 25.1. The second-order valence-corrected chi connectivity index (χ2v) is 6.32. The van der Waals surface area contributed by atoms with Crippen molar-refractivity contribution < 1.29 is 14.6 Å². The SMILES string of the molecule is COc1ccccc1-n1nc(C(=O)Nc2ccc3ccccc3c2)c(O)cc1=O. The number of carbonyl (C=O) groups is 1. The van der Waals surface area contributed by atoms with Gasteiger partial charge in [-0.25, -0.2) is 0 Å². The molecule has 144 valence electrons. The van der Waals surface area contributed by atoms with Gasteiger partial charge in [0.25, 0.3) is 11.5 Å². The molecule has 0 aliphatic rings. The lowest BCUT2D eigenvalue weighted by Crippen LogP contribution is -2.25. The highest BCUT2D eigenvalue weighted by atomic mass is 16.5. The number of nitrogens with one attached hydrogen (secondary N) is 1. The molecule has 0 atom stereocenters. The van der Waals surface area contributed by atoms with Crippen LogP contribution in [0.5, 0.6) is 11.5 Å². The highest BCUT2D eigenvalue weighted by Crippen LogP contribution is 2.23. The standard InChI is InChI=1S/C22H17N3O4/c1-29-19-9-5-4-8-17(19)25-20(27)13-18(26)21(24-25)22(28)23-16-11-10-14-6-2-3-7-15(14)12-16/h2-13,26H,1H3,(H,23,28). The molecular formula is C22H17N3O4. The molecule has 4 rings (SSSR count). The van der Waals surface area contributed by atoms with Gasteiger partial charge >= 0.3 is 0 Å². The first-order valence-corrected chi connectivity index (χ1v) is 8.84. The molecule has 29 heavy (non-hydrogen) atoms. The maximum absolute atomic E-state index is 12.7. The fraction of sp³-hybridized carbons (Fsp3) is 0.0455. The predicted octanol–water partition coefficient (Wildman–Crippen LogP) is 3.35. The molecule has 4 aromatic rings. The van der Waals surface area contributed by atoms with Crippen molar-refractivity contribution in [2.24, 2.45) is 0 Å². The molecule has 0 unspecified atom stereocenters. The summed E-state index contributed by atoms with van der Waals surface area (Å²) in [5, 5.41) is 18.9. The molecule has 3 aromatic carbocycles. The largest absolute Gasteiger partial charge is 0.505 e. The topological polar surface area (TPSA) is 93.5 Å². The summed E-state index contributed by atoms with van der Waals surface area (Å²) < 4.78 is 6.28. The third-order valence-electron chi connectivity index (χ3n) is 4.45. The quantitative estimate of drug-likeness (QED) is 0.560. The molecule has 0 spiro atoms. The molecule has 0 fully saturated rings. The van der Waals surface area contributed by atoms with Gasteiger partial charge < -0.3 is 15.2 Å². The molecule has 0 aliphatic heterocycles. The Morgan fingerprint density at radius 2 is 1.72 bits per heavy atom.